The fraction of sp³-hybridized carbons (Fsp3) is 0.190. The highest BCUT2D eigenvalue weighted by Gasteiger charge is 2.30. The Morgan fingerprint density at radius 3 is 2.86 bits per heavy atom. The smallest absolute Gasteiger partial charge is 0.374 e. The predicted molar refractivity (Wildman–Crippen MR) is 108 cm³/mol. The first-order valence-corrected chi connectivity index (χ1v) is 9.37. The van der Waals surface area contributed by atoms with E-state index in [9.17, 15) is 14.4 Å². The molecule has 8 heteroatoms. The normalized spacial score (nSPS) is 16.1. The Kier molecular flexibility index (Phi) is 4.98. The Morgan fingerprint density at radius 1 is 1.24 bits per heavy atom. The van der Waals surface area contributed by atoms with E-state index in [0.29, 0.717) is 27.4 Å². The number of fused-ring (bicyclic) bond motifs is 2. The summed E-state index contributed by atoms with van der Waals surface area (Å²) in [7, 11) is 0. The van der Waals surface area contributed by atoms with Crippen LogP contribution in [0.4, 0.5) is 11.4 Å². The van der Waals surface area contributed by atoms with Crippen LogP contribution in [0.25, 0.3) is 11.0 Å². The summed E-state index contributed by atoms with van der Waals surface area (Å²) in [5.41, 5.74) is 1.59. The number of esters is 1. The van der Waals surface area contributed by atoms with Crippen LogP contribution in [0.3, 0.4) is 0 Å². The number of rotatable bonds is 3. The number of ether oxygens (including phenoxy) is 1. The average Bonchev–Trinajstić information content (AvgIpc) is 3.05. The molecule has 148 valence electrons. The molecule has 1 aliphatic heterocycles. The van der Waals surface area contributed by atoms with E-state index in [2.05, 4.69) is 5.32 Å². The van der Waals surface area contributed by atoms with Crippen LogP contribution in [-0.2, 0) is 14.3 Å². The van der Waals surface area contributed by atoms with Crippen molar-refractivity contribution >= 4 is 51.7 Å². The van der Waals surface area contributed by atoms with Crippen LogP contribution < -0.4 is 10.2 Å². The van der Waals surface area contributed by atoms with Crippen molar-refractivity contribution < 1.29 is 23.5 Å². The SMILES string of the molecule is C[C@@H]1CC(=O)Nc2ccccc2N1C(=O)COC(=O)c1cc2cc(Cl)ccc2o1. The van der Waals surface area contributed by atoms with Gasteiger partial charge in [0, 0.05) is 22.9 Å². The third kappa shape index (κ3) is 3.82. The number of furan rings is 1. The van der Waals surface area contributed by atoms with Gasteiger partial charge in [0.1, 0.15) is 5.58 Å². The Morgan fingerprint density at radius 2 is 2.03 bits per heavy atom. The molecule has 7 nitrogen and oxygen atoms in total. The number of amides is 2. The molecular formula is C21H17ClN2O5. The number of anilines is 2. The van der Waals surface area contributed by atoms with Crippen molar-refractivity contribution in [1.82, 2.24) is 0 Å². The zero-order valence-electron chi connectivity index (χ0n) is 15.5. The second-order valence-corrected chi connectivity index (χ2v) is 7.19. The van der Waals surface area contributed by atoms with E-state index in [-0.39, 0.29) is 18.1 Å². The zero-order chi connectivity index (χ0) is 20.5. The van der Waals surface area contributed by atoms with Gasteiger partial charge in [-0.15, -0.1) is 0 Å². The van der Waals surface area contributed by atoms with Crippen molar-refractivity contribution in [2.24, 2.45) is 0 Å². The molecule has 0 spiro atoms. The molecule has 2 heterocycles. The van der Waals surface area contributed by atoms with Crippen molar-refractivity contribution in [3.8, 4) is 0 Å². The highest BCUT2D eigenvalue weighted by atomic mass is 35.5. The molecular weight excluding hydrogens is 396 g/mol. The average molecular weight is 413 g/mol. The molecule has 0 aliphatic carbocycles. The van der Waals surface area contributed by atoms with Gasteiger partial charge in [0.05, 0.1) is 11.4 Å². The molecule has 0 unspecified atom stereocenters. The Labute approximate surface area is 171 Å². The highest BCUT2D eigenvalue weighted by Crippen LogP contribution is 2.31. The maximum absolute atomic E-state index is 12.8. The van der Waals surface area contributed by atoms with E-state index in [0.717, 1.165) is 0 Å². The third-order valence-electron chi connectivity index (χ3n) is 4.63. The molecule has 1 aliphatic rings. The van der Waals surface area contributed by atoms with Gasteiger partial charge in [0.15, 0.2) is 6.61 Å². The molecule has 3 aromatic rings. The van der Waals surface area contributed by atoms with Gasteiger partial charge in [0.2, 0.25) is 11.7 Å². The molecule has 0 bridgehead atoms. The molecule has 1 aromatic heterocycles. The first-order valence-electron chi connectivity index (χ1n) is 8.99. The van der Waals surface area contributed by atoms with E-state index in [1.165, 1.54) is 11.0 Å². The van der Waals surface area contributed by atoms with E-state index in [1.807, 2.05) is 0 Å². The summed E-state index contributed by atoms with van der Waals surface area (Å²) in [4.78, 5) is 38.7. The summed E-state index contributed by atoms with van der Waals surface area (Å²) < 4.78 is 10.6. The number of hydrogen-bond donors (Lipinski definition) is 1. The molecule has 0 saturated heterocycles. The van der Waals surface area contributed by atoms with Crippen molar-refractivity contribution in [2.45, 2.75) is 19.4 Å². The van der Waals surface area contributed by atoms with E-state index >= 15 is 0 Å². The number of para-hydroxylation sites is 2. The monoisotopic (exact) mass is 412 g/mol. The number of halogens is 1. The van der Waals surface area contributed by atoms with Gasteiger partial charge in [-0.2, -0.15) is 0 Å². The molecule has 2 aromatic carbocycles. The Hall–Kier alpha value is -3.32. The minimum Gasteiger partial charge on any atom is -0.450 e. The molecule has 0 fully saturated rings. The molecule has 1 atom stereocenters. The van der Waals surface area contributed by atoms with Gasteiger partial charge in [-0.05, 0) is 43.3 Å². The first kappa shape index (κ1) is 19.0. The number of benzene rings is 2. The first-order chi connectivity index (χ1) is 13.9. The van der Waals surface area contributed by atoms with Crippen molar-refractivity contribution in [3.63, 3.8) is 0 Å². The summed E-state index contributed by atoms with van der Waals surface area (Å²) in [6.07, 6.45) is 0.138. The van der Waals surface area contributed by atoms with Crippen LogP contribution in [-0.4, -0.2) is 30.4 Å². The fourth-order valence-corrected chi connectivity index (χ4v) is 3.53. The zero-order valence-corrected chi connectivity index (χ0v) is 16.2. The lowest BCUT2D eigenvalue weighted by atomic mass is 10.1. The minimum absolute atomic E-state index is 0.0174. The minimum atomic E-state index is -0.754. The van der Waals surface area contributed by atoms with Crippen molar-refractivity contribution in [1.29, 1.82) is 0 Å². The summed E-state index contributed by atoms with van der Waals surface area (Å²) >= 11 is 5.94. The molecule has 2 amide bonds. The fourth-order valence-electron chi connectivity index (χ4n) is 3.35. The maximum Gasteiger partial charge on any atom is 0.374 e. The van der Waals surface area contributed by atoms with Crippen molar-refractivity contribution in [2.75, 3.05) is 16.8 Å². The number of carbonyl (C=O) groups is 3. The van der Waals surface area contributed by atoms with Crippen LogP contribution in [0.5, 0.6) is 0 Å². The lowest BCUT2D eigenvalue weighted by Gasteiger charge is -2.27. The largest absolute Gasteiger partial charge is 0.450 e. The quantitative estimate of drug-likeness (QED) is 0.656. The number of nitrogens with zero attached hydrogens (tertiary/aromatic N) is 1. The maximum atomic E-state index is 12.8. The van der Waals surface area contributed by atoms with Gasteiger partial charge in [0.25, 0.3) is 5.91 Å². The van der Waals surface area contributed by atoms with Crippen LogP contribution in [0, 0.1) is 0 Å². The predicted octanol–water partition coefficient (Wildman–Crippen LogP) is 4.01. The van der Waals surface area contributed by atoms with Crippen LogP contribution in [0.1, 0.15) is 23.9 Å². The van der Waals surface area contributed by atoms with Gasteiger partial charge in [-0.25, -0.2) is 4.79 Å². The summed E-state index contributed by atoms with van der Waals surface area (Å²) in [6.45, 7) is 1.29. The molecule has 4 rings (SSSR count). The number of nitrogens with one attached hydrogen (secondary N) is 1. The van der Waals surface area contributed by atoms with E-state index in [4.69, 9.17) is 20.8 Å². The Bertz CT molecular complexity index is 1120. The molecule has 29 heavy (non-hydrogen) atoms. The second kappa shape index (κ2) is 7.60. The van der Waals surface area contributed by atoms with Gasteiger partial charge in [-0.3, -0.25) is 9.59 Å². The van der Waals surface area contributed by atoms with Crippen LogP contribution in [0.2, 0.25) is 5.02 Å². The van der Waals surface area contributed by atoms with Gasteiger partial charge >= 0.3 is 5.97 Å². The topological polar surface area (TPSA) is 88.9 Å². The molecule has 0 radical (unpaired) electrons. The van der Waals surface area contributed by atoms with E-state index in [1.54, 1.807) is 49.4 Å². The van der Waals surface area contributed by atoms with E-state index < -0.39 is 24.5 Å². The summed E-state index contributed by atoms with van der Waals surface area (Å²) in [5, 5.41) is 3.96. The number of hydrogen-bond acceptors (Lipinski definition) is 5. The molecule has 1 N–H and O–H groups in total. The Balaban J connectivity index is 1.51. The lowest BCUT2D eigenvalue weighted by Crippen LogP contribution is -2.41. The third-order valence-corrected chi connectivity index (χ3v) is 4.87. The molecule has 0 saturated carbocycles. The van der Waals surface area contributed by atoms with Crippen molar-refractivity contribution in [3.05, 3.63) is 59.3 Å². The summed E-state index contributed by atoms with van der Waals surface area (Å²) in [5.74, 6) is -1.39. The van der Waals surface area contributed by atoms with Crippen LogP contribution in [0.15, 0.2) is 52.9 Å². The highest BCUT2D eigenvalue weighted by molar-refractivity contribution is 6.31. The van der Waals surface area contributed by atoms with Gasteiger partial charge < -0.3 is 19.4 Å². The summed E-state index contributed by atoms with van der Waals surface area (Å²) in [6, 6.07) is 13.1. The van der Waals surface area contributed by atoms with Gasteiger partial charge in [-0.1, -0.05) is 23.7 Å². The lowest BCUT2D eigenvalue weighted by molar-refractivity contribution is -0.122. The number of carbonyl (C=O) groups excluding carboxylic acids is 3. The standard InChI is InChI=1S/C21H17ClN2O5/c1-12-8-19(25)23-15-4-2-3-5-16(15)24(12)20(26)11-28-21(27)18-10-13-9-14(22)6-7-17(13)29-18/h2-7,9-10,12H,8,11H2,1H3,(H,23,25)/t12-/m1/s1. The second-order valence-electron chi connectivity index (χ2n) is 6.75. The van der Waals surface area contributed by atoms with Crippen LogP contribution >= 0.6 is 11.6 Å².